The predicted octanol–water partition coefficient (Wildman–Crippen LogP) is 2.33. The van der Waals surface area contributed by atoms with Crippen molar-refractivity contribution in [1.82, 2.24) is 5.32 Å². The minimum Gasteiger partial charge on any atom is -0.480 e. The van der Waals surface area contributed by atoms with Crippen LogP contribution in [0.15, 0.2) is 28.7 Å². The van der Waals surface area contributed by atoms with Crippen LogP contribution in [0.5, 0.6) is 0 Å². The number of aliphatic carboxylic acids is 1. The van der Waals surface area contributed by atoms with Crippen LogP contribution in [-0.2, 0) is 19.7 Å². The van der Waals surface area contributed by atoms with Crippen LogP contribution in [0, 0.1) is 0 Å². The highest BCUT2D eigenvalue weighted by molar-refractivity contribution is 9.10. The number of benzene rings is 1. The van der Waals surface area contributed by atoms with Gasteiger partial charge in [0.25, 0.3) is 0 Å². The normalized spacial score (nSPS) is 12.8. The number of rotatable bonds is 7. The van der Waals surface area contributed by atoms with Gasteiger partial charge in [0.05, 0.1) is 5.41 Å². The molecule has 0 bridgehead atoms. The first kappa shape index (κ1) is 17.7. The molecule has 0 spiro atoms. The SMILES string of the molecule is COCCC(NC(=O)C(C)(C)c1cccc(Br)c1)C(=O)O. The molecule has 0 saturated carbocycles. The van der Waals surface area contributed by atoms with E-state index >= 15 is 0 Å². The van der Waals surface area contributed by atoms with E-state index in [1.54, 1.807) is 13.8 Å². The minimum atomic E-state index is -1.06. The average molecular weight is 358 g/mol. The predicted molar refractivity (Wildman–Crippen MR) is 83.2 cm³/mol. The highest BCUT2D eigenvalue weighted by Gasteiger charge is 2.32. The molecule has 0 aliphatic rings. The van der Waals surface area contributed by atoms with Gasteiger partial charge < -0.3 is 15.2 Å². The fourth-order valence-corrected chi connectivity index (χ4v) is 2.24. The zero-order valence-corrected chi connectivity index (χ0v) is 13.9. The lowest BCUT2D eigenvalue weighted by atomic mass is 9.83. The molecule has 116 valence electrons. The van der Waals surface area contributed by atoms with Crippen molar-refractivity contribution in [2.75, 3.05) is 13.7 Å². The summed E-state index contributed by atoms with van der Waals surface area (Å²) < 4.78 is 5.74. The Morgan fingerprint density at radius 1 is 1.43 bits per heavy atom. The van der Waals surface area contributed by atoms with Gasteiger partial charge in [-0.15, -0.1) is 0 Å². The van der Waals surface area contributed by atoms with Crippen LogP contribution in [0.2, 0.25) is 0 Å². The molecule has 0 aliphatic carbocycles. The molecule has 1 amide bonds. The molecule has 6 heteroatoms. The number of amides is 1. The Morgan fingerprint density at radius 3 is 2.62 bits per heavy atom. The third kappa shape index (κ3) is 4.82. The highest BCUT2D eigenvalue weighted by atomic mass is 79.9. The number of halogens is 1. The third-order valence-electron chi connectivity index (χ3n) is 3.33. The number of hydrogen-bond acceptors (Lipinski definition) is 3. The average Bonchev–Trinajstić information content (AvgIpc) is 2.42. The summed E-state index contributed by atoms with van der Waals surface area (Å²) >= 11 is 3.37. The van der Waals surface area contributed by atoms with Gasteiger partial charge in [-0.3, -0.25) is 4.79 Å². The lowest BCUT2D eigenvalue weighted by Gasteiger charge is -2.26. The second kappa shape index (κ2) is 7.56. The lowest BCUT2D eigenvalue weighted by molar-refractivity contribution is -0.143. The van der Waals surface area contributed by atoms with Crippen molar-refractivity contribution in [3.05, 3.63) is 34.3 Å². The fraction of sp³-hybridized carbons (Fsp3) is 0.467. The molecule has 1 aromatic rings. The highest BCUT2D eigenvalue weighted by Crippen LogP contribution is 2.26. The molecule has 0 saturated heterocycles. The van der Waals surface area contributed by atoms with Crippen LogP contribution in [0.4, 0.5) is 0 Å². The van der Waals surface area contributed by atoms with Crippen molar-refractivity contribution >= 4 is 27.8 Å². The molecule has 5 nitrogen and oxygen atoms in total. The van der Waals surface area contributed by atoms with Crippen molar-refractivity contribution in [2.24, 2.45) is 0 Å². The molecule has 21 heavy (non-hydrogen) atoms. The number of carbonyl (C=O) groups excluding carboxylic acids is 1. The standard InChI is InChI=1S/C15H20BrNO4/c1-15(2,10-5-4-6-11(16)9-10)14(20)17-12(13(18)19)7-8-21-3/h4-6,9,12H,7-8H2,1-3H3,(H,17,20)(H,18,19). The van der Waals surface area contributed by atoms with E-state index in [-0.39, 0.29) is 18.9 Å². The van der Waals surface area contributed by atoms with Crippen molar-refractivity contribution in [3.63, 3.8) is 0 Å². The van der Waals surface area contributed by atoms with E-state index in [1.807, 2.05) is 24.3 Å². The maximum absolute atomic E-state index is 12.4. The molecule has 1 atom stereocenters. The fourth-order valence-electron chi connectivity index (χ4n) is 1.84. The molecule has 0 radical (unpaired) electrons. The first-order valence-electron chi connectivity index (χ1n) is 6.57. The van der Waals surface area contributed by atoms with Crippen molar-refractivity contribution < 1.29 is 19.4 Å². The van der Waals surface area contributed by atoms with E-state index < -0.39 is 17.4 Å². The van der Waals surface area contributed by atoms with Gasteiger partial charge in [0, 0.05) is 24.6 Å². The van der Waals surface area contributed by atoms with E-state index in [0.717, 1.165) is 10.0 Å². The zero-order valence-electron chi connectivity index (χ0n) is 12.4. The smallest absolute Gasteiger partial charge is 0.326 e. The van der Waals surface area contributed by atoms with Crippen LogP contribution in [0.25, 0.3) is 0 Å². The topological polar surface area (TPSA) is 75.6 Å². The monoisotopic (exact) mass is 357 g/mol. The van der Waals surface area contributed by atoms with Crippen LogP contribution in [0.1, 0.15) is 25.8 Å². The summed E-state index contributed by atoms with van der Waals surface area (Å²) in [5.41, 5.74) is -0.0184. The van der Waals surface area contributed by atoms with Gasteiger partial charge in [-0.2, -0.15) is 0 Å². The Labute approximate surface area is 132 Å². The largest absolute Gasteiger partial charge is 0.480 e. The van der Waals surface area contributed by atoms with Crippen LogP contribution in [-0.4, -0.2) is 36.7 Å². The molecule has 1 aromatic carbocycles. The second-order valence-corrected chi connectivity index (χ2v) is 6.20. The summed E-state index contributed by atoms with van der Waals surface area (Å²) in [5.74, 6) is -1.39. The molecular formula is C15H20BrNO4. The molecule has 0 aromatic heterocycles. The molecule has 1 unspecified atom stereocenters. The zero-order chi connectivity index (χ0) is 16.0. The number of ether oxygens (including phenoxy) is 1. The van der Waals surface area contributed by atoms with Gasteiger partial charge in [-0.25, -0.2) is 4.79 Å². The number of carbonyl (C=O) groups is 2. The summed E-state index contributed by atoms with van der Waals surface area (Å²) in [7, 11) is 1.49. The Balaban J connectivity index is 2.87. The van der Waals surface area contributed by atoms with Crippen LogP contribution in [0.3, 0.4) is 0 Å². The summed E-state index contributed by atoms with van der Waals surface area (Å²) in [6.45, 7) is 3.80. The lowest BCUT2D eigenvalue weighted by Crippen LogP contribution is -2.48. The van der Waals surface area contributed by atoms with Gasteiger partial charge in [-0.1, -0.05) is 28.1 Å². The Bertz CT molecular complexity index is 516. The third-order valence-corrected chi connectivity index (χ3v) is 3.82. The van der Waals surface area contributed by atoms with E-state index in [1.165, 1.54) is 7.11 Å². The van der Waals surface area contributed by atoms with E-state index in [9.17, 15) is 9.59 Å². The maximum Gasteiger partial charge on any atom is 0.326 e. The molecule has 0 fully saturated rings. The number of hydrogen-bond donors (Lipinski definition) is 2. The van der Waals surface area contributed by atoms with Crippen molar-refractivity contribution in [2.45, 2.75) is 31.7 Å². The van der Waals surface area contributed by atoms with E-state index in [2.05, 4.69) is 21.2 Å². The summed E-state index contributed by atoms with van der Waals surface area (Å²) in [6.07, 6.45) is 0.228. The van der Waals surface area contributed by atoms with Gasteiger partial charge in [0.2, 0.25) is 5.91 Å². The van der Waals surface area contributed by atoms with Gasteiger partial charge in [-0.05, 0) is 31.5 Å². The molecule has 2 N–H and O–H groups in total. The second-order valence-electron chi connectivity index (χ2n) is 5.28. The first-order valence-corrected chi connectivity index (χ1v) is 7.37. The number of carboxylic acids is 1. The van der Waals surface area contributed by atoms with Crippen molar-refractivity contribution in [1.29, 1.82) is 0 Å². The number of nitrogens with one attached hydrogen (secondary N) is 1. The summed E-state index contributed by atoms with van der Waals surface area (Å²) in [5, 5.41) is 11.7. The van der Waals surface area contributed by atoms with Gasteiger partial charge in [0.1, 0.15) is 6.04 Å². The number of methoxy groups -OCH3 is 1. The summed E-state index contributed by atoms with van der Waals surface area (Å²) in [6, 6.07) is 6.45. The quantitative estimate of drug-likeness (QED) is 0.785. The van der Waals surface area contributed by atoms with Crippen molar-refractivity contribution in [3.8, 4) is 0 Å². The van der Waals surface area contributed by atoms with Gasteiger partial charge in [0.15, 0.2) is 0 Å². The van der Waals surface area contributed by atoms with Gasteiger partial charge >= 0.3 is 5.97 Å². The molecule has 1 rings (SSSR count). The molecule has 0 heterocycles. The molecule has 0 aliphatic heterocycles. The van der Waals surface area contributed by atoms with Crippen LogP contribution >= 0.6 is 15.9 Å². The number of carboxylic acid groups (broad SMARTS) is 1. The molecular weight excluding hydrogens is 338 g/mol. The maximum atomic E-state index is 12.4. The summed E-state index contributed by atoms with van der Waals surface area (Å²) in [4.78, 5) is 23.6. The first-order chi connectivity index (χ1) is 9.78. The Kier molecular flexibility index (Phi) is 6.36. The Morgan fingerprint density at radius 2 is 2.10 bits per heavy atom. The minimum absolute atomic E-state index is 0.228. The van der Waals surface area contributed by atoms with E-state index in [4.69, 9.17) is 9.84 Å². The van der Waals surface area contributed by atoms with E-state index in [0.29, 0.717) is 0 Å². The Hall–Kier alpha value is -1.40. The van der Waals surface area contributed by atoms with Crippen LogP contribution < -0.4 is 5.32 Å².